The van der Waals surface area contributed by atoms with Crippen LogP contribution < -0.4 is 9.47 Å². The average molecular weight is 283 g/mol. The Morgan fingerprint density at radius 1 is 1.14 bits per heavy atom. The zero-order chi connectivity index (χ0) is 14.4. The number of hydrogen-bond acceptors (Lipinski definition) is 3. The van der Waals surface area contributed by atoms with Crippen molar-refractivity contribution in [2.24, 2.45) is 0 Å². The van der Waals surface area contributed by atoms with Crippen LogP contribution in [0.5, 0.6) is 11.5 Å². The molecule has 0 saturated carbocycles. The van der Waals surface area contributed by atoms with E-state index in [4.69, 9.17) is 9.47 Å². The van der Waals surface area contributed by atoms with Crippen molar-refractivity contribution in [3.63, 3.8) is 0 Å². The minimum absolute atomic E-state index is 0.158. The van der Waals surface area contributed by atoms with Gasteiger partial charge in [0.05, 0.1) is 5.52 Å². The molecular formula is C16H10FNO3. The molecule has 0 amide bonds. The highest BCUT2D eigenvalue weighted by Gasteiger charge is 2.19. The van der Waals surface area contributed by atoms with Gasteiger partial charge in [0.15, 0.2) is 17.3 Å². The fourth-order valence-electron chi connectivity index (χ4n) is 2.50. The Labute approximate surface area is 119 Å². The summed E-state index contributed by atoms with van der Waals surface area (Å²) in [7, 11) is 0. The summed E-state index contributed by atoms with van der Waals surface area (Å²) in [6, 6.07) is 9.67. The number of halogens is 1. The van der Waals surface area contributed by atoms with Gasteiger partial charge in [-0.15, -0.1) is 0 Å². The van der Waals surface area contributed by atoms with Gasteiger partial charge in [0, 0.05) is 22.7 Å². The number of benzene rings is 2. The topological polar surface area (TPSA) is 51.3 Å². The van der Waals surface area contributed by atoms with E-state index in [9.17, 15) is 9.18 Å². The average Bonchev–Trinajstić information content (AvgIpc) is 3.13. The molecule has 4 nitrogen and oxygen atoms in total. The molecule has 2 aromatic carbocycles. The lowest BCUT2D eigenvalue weighted by Gasteiger charge is -2.02. The maximum absolute atomic E-state index is 13.7. The van der Waals surface area contributed by atoms with Crippen molar-refractivity contribution in [1.29, 1.82) is 0 Å². The number of fused-ring (bicyclic) bond motifs is 2. The number of rotatable bonds is 2. The van der Waals surface area contributed by atoms with Crippen LogP contribution in [0.3, 0.4) is 0 Å². The number of H-pyrrole nitrogens is 1. The number of carbonyl (C=O) groups excluding carboxylic acids is 1. The molecule has 0 saturated heterocycles. The maximum Gasteiger partial charge on any atom is 0.231 e. The van der Waals surface area contributed by atoms with Crippen LogP contribution in [0, 0.1) is 5.82 Å². The zero-order valence-electron chi connectivity index (χ0n) is 10.9. The van der Waals surface area contributed by atoms with Crippen LogP contribution in [0.25, 0.3) is 10.9 Å². The van der Waals surface area contributed by atoms with Crippen LogP contribution >= 0.6 is 0 Å². The molecule has 0 unspecified atom stereocenters. The first kappa shape index (κ1) is 12.0. The smallest absolute Gasteiger partial charge is 0.231 e. The number of aromatic amines is 1. The number of nitrogens with one attached hydrogen (secondary N) is 1. The summed E-state index contributed by atoms with van der Waals surface area (Å²) >= 11 is 0. The van der Waals surface area contributed by atoms with Gasteiger partial charge in [-0.1, -0.05) is 12.1 Å². The normalized spacial score (nSPS) is 12.8. The molecular weight excluding hydrogens is 273 g/mol. The van der Waals surface area contributed by atoms with Gasteiger partial charge in [0.1, 0.15) is 5.82 Å². The van der Waals surface area contributed by atoms with Gasteiger partial charge in [-0.3, -0.25) is 4.79 Å². The first-order valence-electron chi connectivity index (χ1n) is 6.44. The molecule has 4 rings (SSSR count). The van der Waals surface area contributed by atoms with Crippen molar-refractivity contribution < 1.29 is 18.7 Å². The Morgan fingerprint density at radius 2 is 2.00 bits per heavy atom. The van der Waals surface area contributed by atoms with E-state index in [1.807, 2.05) is 0 Å². The summed E-state index contributed by atoms with van der Waals surface area (Å²) in [5.41, 5.74) is 1.24. The Bertz CT molecular complexity index is 869. The Hall–Kier alpha value is -2.82. The number of carbonyl (C=O) groups is 1. The van der Waals surface area contributed by atoms with E-state index in [1.165, 1.54) is 12.3 Å². The molecule has 3 aromatic rings. The van der Waals surface area contributed by atoms with E-state index in [0.29, 0.717) is 33.5 Å². The molecule has 1 N–H and O–H groups in total. The van der Waals surface area contributed by atoms with E-state index in [2.05, 4.69) is 4.98 Å². The van der Waals surface area contributed by atoms with Crippen LogP contribution in [0.2, 0.25) is 0 Å². The summed E-state index contributed by atoms with van der Waals surface area (Å²) in [6.07, 6.45) is 1.53. The highest BCUT2D eigenvalue weighted by Crippen LogP contribution is 2.33. The predicted molar refractivity (Wildman–Crippen MR) is 74.3 cm³/mol. The Kier molecular flexibility index (Phi) is 2.47. The van der Waals surface area contributed by atoms with Crippen LogP contribution in [-0.4, -0.2) is 17.6 Å². The molecule has 0 spiro atoms. The molecule has 21 heavy (non-hydrogen) atoms. The fourth-order valence-corrected chi connectivity index (χ4v) is 2.50. The molecule has 2 heterocycles. The maximum atomic E-state index is 13.7. The van der Waals surface area contributed by atoms with Gasteiger partial charge >= 0.3 is 0 Å². The predicted octanol–water partition coefficient (Wildman–Crippen LogP) is 3.27. The van der Waals surface area contributed by atoms with Crippen molar-refractivity contribution in [3.05, 3.63) is 59.5 Å². The Balaban J connectivity index is 1.82. The third-order valence-corrected chi connectivity index (χ3v) is 3.54. The van der Waals surface area contributed by atoms with Crippen molar-refractivity contribution >= 4 is 16.7 Å². The minimum Gasteiger partial charge on any atom is -0.454 e. The molecule has 0 bridgehead atoms. The number of ether oxygens (including phenoxy) is 2. The quantitative estimate of drug-likeness (QED) is 0.734. The fraction of sp³-hybridized carbons (Fsp3) is 0.0625. The van der Waals surface area contributed by atoms with Crippen molar-refractivity contribution in [1.82, 2.24) is 4.98 Å². The second kappa shape index (κ2) is 4.34. The SMILES string of the molecule is O=C(c1ccc2c(c1)OCO2)c1c[nH]c2c(F)cccc12. The molecule has 1 aromatic heterocycles. The van der Waals surface area contributed by atoms with Gasteiger partial charge in [0.2, 0.25) is 6.79 Å². The van der Waals surface area contributed by atoms with Crippen molar-refractivity contribution in [3.8, 4) is 11.5 Å². The second-order valence-electron chi connectivity index (χ2n) is 4.76. The minimum atomic E-state index is -0.378. The summed E-state index contributed by atoms with van der Waals surface area (Å²) in [5.74, 6) is 0.603. The molecule has 0 fully saturated rings. The molecule has 0 aliphatic carbocycles. The van der Waals surface area contributed by atoms with Gasteiger partial charge in [0.25, 0.3) is 0 Å². The number of hydrogen-bond donors (Lipinski definition) is 1. The van der Waals surface area contributed by atoms with E-state index >= 15 is 0 Å². The van der Waals surface area contributed by atoms with E-state index < -0.39 is 0 Å². The lowest BCUT2D eigenvalue weighted by molar-refractivity contribution is 0.104. The molecule has 0 atom stereocenters. The molecule has 1 aliphatic heterocycles. The lowest BCUT2D eigenvalue weighted by Crippen LogP contribution is -2.00. The lowest BCUT2D eigenvalue weighted by atomic mass is 10.0. The molecule has 5 heteroatoms. The molecule has 0 radical (unpaired) electrons. The Morgan fingerprint density at radius 3 is 2.90 bits per heavy atom. The van der Waals surface area contributed by atoms with Crippen LogP contribution in [0.4, 0.5) is 4.39 Å². The monoisotopic (exact) mass is 283 g/mol. The third kappa shape index (κ3) is 1.78. The number of ketones is 1. The summed E-state index contributed by atoms with van der Waals surface area (Å²) in [4.78, 5) is 15.4. The number of para-hydroxylation sites is 1. The van der Waals surface area contributed by atoms with Gasteiger partial charge < -0.3 is 14.5 Å². The van der Waals surface area contributed by atoms with Gasteiger partial charge in [-0.05, 0) is 24.3 Å². The third-order valence-electron chi connectivity index (χ3n) is 3.54. The molecule has 1 aliphatic rings. The molecule has 104 valence electrons. The summed E-state index contributed by atoms with van der Waals surface area (Å²) in [5, 5.41) is 0.567. The van der Waals surface area contributed by atoms with E-state index in [1.54, 1.807) is 30.3 Å². The largest absolute Gasteiger partial charge is 0.454 e. The van der Waals surface area contributed by atoms with Crippen molar-refractivity contribution in [2.75, 3.05) is 6.79 Å². The first-order valence-corrected chi connectivity index (χ1v) is 6.44. The highest BCUT2D eigenvalue weighted by atomic mass is 19.1. The zero-order valence-corrected chi connectivity index (χ0v) is 10.9. The highest BCUT2D eigenvalue weighted by molar-refractivity contribution is 6.16. The number of aromatic nitrogens is 1. The van der Waals surface area contributed by atoms with E-state index in [0.717, 1.165) is 0 Å². The van der Waals surface area contributed by atoms with Crippen molar-refractivity contribution in [2.45, 2.75) is 0 Å². The van der Waals surface area contributed by atoms with E-state index in [-0.39, 0.29) is 18.4 Å². The second-order valence-corrected chi connectivity index (χ2v) is 4.76. The van der Waals surface area contributed by atoms with Crippen LogP contribution in [0.1, 0.15) is 15.9 Å². The van der Waals surface area contributed by atoms with Gasteiger partial charge in [-0.2, -0.15) is 0 Å². The van der Waals surface area contributed by atoms with Gasteiger partial charge in [-0.25, -0.2) is 4.39 Å². The van der Waals surface area contributed by atoms with Crippen LogP contribution in [-0.2, 0) is 0 Å². The van der Waals surface area contributed by atoms with Crippen LogP contribution in [0.15, 0.2) is 42.6 Å². The standard InChI is InChI=1S/C16H10FNO3/c17-12-3-1-2-10-11(7-18-15(10)12)16(19)9-4-5-13-14(6-9)21-8-20-13/h1-7,18H,8H2. The summed E-state index contributed by atoms with van der Waals surface area (Å²) < 4.78 is 24.2. The first-order chi connectivity index (χ1) is 10.2. The summed E-state index contributed by atoms with van der Waals surface area (Å²) in [6.45, 7) is 0.158.